The first-order chi connectivity index (χ1) is 16.1. The number of amides is 1. The number of hydrogen-bond donors (Lipinski definition) is 1. The van der Waals surface area contributed by atoms with E-state index in [1.807, 2.05) is 0 Å². The number of ether oxygens (including phenoxy) is 1. The molecule has 0 spiro atoms. The first kappa shape index (κ1) is 24.3. The fourth-order valence-electron chi connectivity index (χ4n) is 2.76. The summed E-state index contributed by atoms with van der Waals surface area (Å²) in [6.07, 6.45) is -3.43. The fourth-order valence-corrected chi connectivity index (χ4v) is 2.95. The van der Waals surface area contributed by atoms with Gasteiger partial charge in [0.2, 0.25) is 5.75 Å². The Kier molecular flexibility index (Phi) is 7.18. The molecule has 11 heteroatoms. The molecule has 3 aromatic rings. The normalized spacial score (nSPS) is 11.4. The number of nitro groups is 1. The summed E-state index contributed by atoms with van der Waals surface area (Å²) in [4.78, 5) is 22.6. The molecule has 0 saturated carbocycles. The molecule has 34 heavy (non-hydrogen) atoms. The van der Waals surface area contributed by atoms with Crippen LogP contribution in [-0.4, -0.2) is 10.8 Å². The van der Waals surface area contributed by atoms with Crippen LogP contribution in [0.5, 0.6) is 11.5 Å². The van der Waals surface area contributed by atoms with Crippen molar-refractivity contribution in [2.24, 2.45) is 0 Å². The first-order valence-corrected chi connectivity index (χ1v) is 9.77. The van der Waals surface area contributed by atoms with Gasteiger partial charge < -0.3 is 10.1 Å². The van der Waals surface area contributed by atoms with Gasteiger partial charge >= 0.3 is 11.9 Å². The highest BCUT2D eigenvalue weighted by molar-refractivity contribution is 6.31. The Labute approximate surface area is 195 Å². The van der Waals surface area contributed by atoms with Gasteiger partial charge in [-0.2, -0.15) is 18.4 Å². The van der Waals surface area contributed by atoms with Crippen molar-refractivity contribution in [2.75, 3.05) is 5.32 Å². The maximum Gasteiger partial charge on any atom is 0.416 e. The van der Waals surface area contributed by atoms with Gasteiger partial charge in [-0.1, -0.05) is 29.8 Å². The number of alkyl halides is 3. The predicted octanol–water partition coefficient (Wildman–Crippen LogP) is 6.60. The third-order valence-electron chi connectivity index (χ3n) is 4.35. The molecular weight excluding hydrogens is 475 g/mol. The van der Waals surface area contributed by atoms with Crippen molar-refractivity contribution in [2.45, 2.75) is 6.18 Å². The molecule has 1 N–H and O–H groups in total. The summed E-state index contributed by atoms with van der Waals surface area (Å²) >= 11 is 5.87. The molecule has 0 atom stereocenters. The van der Waals surface area contributed by atoms with E-state index < -0.39 is 28.3 Å². The second kappa shape index (κ2) is 10.1. The minimum absolute atomic E-state index is 0.0990. The number of anilines is 1. The van der Waals surface area contributed by atoms with Gasteiger partial charge in [0.1, 0.15) is 17.4 Å². The summed E-state index contributed by atoms with van der Waals surface area (Å²) < 4.78 is 43.9. The van der Waals surface area contributed by atoms with Crippen molar-refractivity contribution in [3.05, 3.63) is 98.6 Å². The smallest absolute Gasteiger partial charge is 0.416 e. The van der Waals surface area contributed by atoms with E-state index in [9.17, 15) is 33.3 Å². The van der Waals surface area contributed by atoms with Crippen LogP contribution in [-0.2, 0) is 11.0 Å². The molecule has 0 heterocycles. The van der Waals surface area contributed by atoms with Gasteiger partial charge in [-0.25, -0.2) is 0 Å². The van der Waals surface area contributed by atoms with Crippen LogP contribution in [0.25, 0.3) is 6.08 Å². The Morgan fingerprint density at radius 3 is 2.41 bits per heavy atom. The molecule has 0 aliphatic rings. The quantitative estimate of drug-likeness (QED) is 0.182. The van der Waals surface area contributed by atoms with Crippen LogP contribution in [0, 0.1) is 21.4 Å². The van der Waals surface area contributed by atoms with E-state index in [1.54, 1.807) is 24.3 Å². The van der Waals surface area contributed by atoms with E-state index in [-0.39, 0.29) is 17.1 Å². The van der Waals surface area contributed by atoms with E-state index in [0.29, 0.717) is 28.4 Å². The highest BCUT2D eigenvalue weighted by Crippen LogP contribution is 2.37. The highest BCUT2D eigenvalue weighted by Gasteiger charge is 2.33. The lowest BCUT2D eigenvalue weighted by molar-refractivity contribution is -0.385. The van der Waals surface area contributed by atoms with Crippen LogP contribution >= 0.6 is 11.6 Å². The van der Waals surface area contributed by atoms with Crippen LogP contribution in [0.1, 0.15) is 11.1 Å². The van der Waals surface area contributed by atoms with E-state index in [4.69, 9.17) is 16.3 Å². The molecule has 0 fully saturated rings. The SMILES string of the molecule is N#C/C(=C\c1ccc(Oc2ccc(C(F)(F)F)cc2[N+](=O)[O-])cc1)C(=O)Nc1cccc(Cl)c1. The Balaban J connectivity index is 1.78. The summed E-state index contributed by atoms with van der Waals surface area (Å²) in [6.45, 7) is 0. The first-order valence-electron chi connectivity index (χ1n) is 9.39. The molecule has 7 nitrogen and oxygen atoms in total. The van der Waals surface area contributed by atoms with Gasteiger partial charge in [0.05, 0.1) is 10.5 Å². The van der Waals surface area contributed by atoms with E-state index >= 15 is 0 Å². The Morgan fingerprint density at radius 1 is 1.12 bits per heavy atom. The Morgan fingerprint density at radius 2 is 1.82 bits per heavy atom. The van der Waals surface area contributed by atoms with Gasteiger partial charge in [0.25, 0.3) is 5.91 Å². The lowest BCUT2D eigenvalue weighted by atomic mass is 10.1. The number of carbonyl (C=O) groups is 1. The molecule has 3 aromatic carbocycles. The molecule has 172 valence electrons. The third kappa shape index (κ3) is 6.11. The van der Waals surface area contributed by atoms with E-state index in [0.717, 1.165) is 6.07 Å². The van der Waals surface area contributed by atoms with Crippen LogP contribution in [0.2, 0.25) is 5.02 Å². The van der Waals surface area contributed by atoms with E-state index in [1.165, 1.54) is 36.4 Å². The summed E-state index contributed by atoms with van der Waals surface area (Å²) in [5, 5.41) is 23.5. The minimum atomic E-state index is -4.74. The average Bonchev–Trinajstić information content (AvgIpc) is 2.77. The summed E-state index contributed by atoms with van der Waals surface area (Å²) in [5.74, 6) is -0.938. The molecular formula is C23H13ClF3N3O4. The molecule has 0 aliphatic carbocycles. The second-order valence-corrected chi connectivity index (χ2v) is 7.18. The molecule has 1 amide bonds. The lowest BCUT2D eigenvalue weighted by Crippen LogP contribution is -2.13. The van der Waals surface area contributed by atoms with Crippen LogP contribution < -0.4 is 10.1 Å². The number of benzene rings is 3. The second-order valence-electron chi connectivity index (χ2n) is 6.74. The maximum absolute atomic E-state index is 12.8. The monoisotopic (exact) mass is 487 g/mol. The lowest BCUT2D eigenvalue weighted by Gasteiger charge is -2.10. The topological polar surface area (TPSA) is 105 Å². The molecule has 3 rings (SSSR count). The van der Waals surface area contributed by atoms with Gasteiger partial charge in [-0.3, -0.25) is 14.9 Å². The molecule has 0 radical (unpaired) electrons. The largest absolute Gasteiger partial charge is 0.450 e. The van der Waals surface area contributed by atoms with Crippen LogP contribution in [0.15, 0.2) is 72.3 Å². The van der Waals surface area contributed by atoms with Crippen molar-refractivity contribution in [3.63, 3.8) is 0 Å². The minimum Gasteiger partial charge on any atom is -0.450 e. The zero-order valence-corrected chi connectivity index (χ0v) is 17.7. The molecule has 0 saturated heterocycles. The van der Waals surface area contributed by atoms with Crippen LogP contribution in [0.3, 0.4) is 0 Å². The highest BCUT2D eigenvalue weighted by atomic mass is 35.5. The van der Waals surface area contributed by atoms with Crippen molar-refractivity contribution in [1.29, 1.82) is 5.26 Å². The zero-order chi connectivity index (χ0) is 24.9. The Bertz CT molecular complexity index is 1320. The van der Waals surface area contributed by atoms with Crippen molar-refractivity contribution >= 4 is 35.0 Å². The number of halogens is 4. The van der Waals surface area contributed by atoms with E-state index in [2.05, 4.69) is 5.32 Å². The Hall–Kier alpha value is -4.36. The molecule has 0 unspecified atom stereocenters. The molecule has 0 bridgehead atoms. The van der Waals surface area contributed by atoms with Crippen LogP contribution in [0.4, 0.5) is 24.5 Å². The number of rotatable bonds is 6. The summed E-state index contributed by atoms with van der Waals surface area (Å²) in [5.41, 5.74) is -1.38. The van der Waals surface area contributed by atoms with Gasteiger partial charge in [-0.05, 0) is 54.1 Å². The maximum atomic E-state index is 12.8. The van der Waals surface area contributed by atoms with Gasteiger partial charge in [0, 0.05) is 16.8 Å². The molecule has 0 aliphatic heterocycles. The number of nitro benzene ring substituents is 1. The summed E-state index contributed by atoms with van der Waals surface area (Å²) in [6, 6.07) is 15.8. The van der Waals surface area contributed by atoms with Gasteiger partial charge in [-0.15, -0.1) is 0 Å². The van der Waals surface area contributed by atoms with Crippen molar-refractivity contribution in [1.82, 2.24) is 0 Å². The molecule has 0 aromatic heterocycles. The van der Waals surface area contributed by atoms with Gasteiger partial charge in [0.15, 0.2) is 0 Å². The number of hydrogen-bond acceptors (Lipinski definition) is 5. The van der Waals surface area contributed by atoms with Crippen molar-refractivity contribution in [3.8, 4) is 17.6 Å². The number of nitriles is 1. The standard InChI is InChI=1S/C23H13ClF3N3O4/c24-17-2-1-3-18(12-17)29-22(31)15(13-28)10-14-4-7-19(8-5-14)34-21-9-6-16(23(25,26)27)11-20(21)30(32)33/h1-12H,(H,29,31)/b15-10+. The number of nitrogens with zero attached hydrogens (tertiary/aromatic N) is 2. The summed E-state index contributed by atoms with van der Waals surface area (Å²) in [7, 11) is 0. The number of nitrogens with one attached hydrogen (secondary N) is 1. The van der Waals surface area contributed by atoms with Crippen molar-refractivity contribution < 1.29 is 27.6 Å². The third-order valence-corrected chi connectivity index (χ3v) is 4.58. The predicted molar refractivity (Wildman–Crippen MR) is 118 cm³/mol. The zero-order valence-electron chi connectivity index (χ0n) is 17.0. The number of carbonyl (C=O) groups excluding carboxylic acids is 1. The fraction of sp³-hybridized carbons (Fsp3) is 0.0435. The average molecular weight is 488 g/mol.